The van der Waals surface area contributed by atoms with Crippen molar-refractivity contribution in [3.05, 3.63) is 65.2 Å². The van der Waals surface area contributed by atoms with Gasteiger partial charge in [-0.05, 0) is 36.8 Å². The van der Waals surface area contributed by atoms with E-state index in [2.05, 4.69) is 4.72 Å². The van der Waals surface area contributed by atoms with Crippen molar-refractivity contribution in [3.8, 4) is 0 Å². The van der Waals surface area contributed by atoms with Gasteiger partial charge in [-0.1, -0.05) is 36.8 Å². The molecule has 0 spiro atoms. The molecule has 0 aliphatic heterocycles. The molecule has 0 atom stereocenters. The van der Waals surface area contributed by atoms with Crippen LogP contribution in [0.25, 0.3) is 0 Å². The van der Waals surface area contributed by atoms with Crippen molar-refractivity contribution < 1.29 is 22.7 Å². The number of sulfonamides is 1. The number of rotatable bonds is 8. The summed E-state index contributed by atoms with van der Waals surface area (Å²) in [6.45, 7) is 3.95. The summed E-state index contributed by atoms with van der Waals surface area (Å²) in [6, 6.07) is 13.2. The average molecular weight is 404 g/mol. The molecular weight excluding hydrogens is 380 g/mol. The zero-order chi connectivity index (χ0) is 20.7. The van der Waals surface area contributed by atoms with Gasteiger partial charge in [0.05, 0.1) is 10.5 Å². The van der Waals surface area contributed by atoms with E-state index in [9.17, 15) is 18.0 Å². The SMILES string of the molecule is CCNS(=O)(=O)c1ccc(C(=O)OCC(=O)N(C)Cc2ccc(C)cc2)cc1. The van der Waals surface area contributed by atoms with Gasteiger partial charge < -0.3 is 9.64 Å². The van der Waals surface area contributed by atoms with Crippen LogP contribution in [0.15, 0.2) is 53.4 Å². The molecule has 2 aromatic rings. The predicted octanol–water partition coefficient (Wildman–Crippen LogP) is 2.11. The van der Waals surface area contributed by atoms with Gasteiger partial charge >= 0.3 is 5.97 Å². The zero-order valence-electron chi connectivity index (χ0n) is 16.1. The van der Waals surface area contributed by atoms with E-state index in [0.29, 0.717) is 6.54 Å². The minimum Gasteiger partial charge on any atom is -0.452 e. The van der Waals surface area contributed by atoms with Crippen LogP contribution in [-0.4, -0.2) is 45.4 Å². The quantitative estimate of drug-likeness (QED) is 0.680. The second-order valence-corrected chi connectivity index (χ2v) is 8.10. The van der Waals surface area contributed by atoms with Gasteiger partial charge in [-0.15, -0.1) is 0 Å². The van der Waals surface area contributed by atoms with Gasteiger partial charge in [0.1, 0.15) is 0 Å². The Morgan fingerprint density at radius 1 is 1.04 bits per heavy atom. The van der Waals surface area contributed by atoms with Gasteiger partial charge in [0.25, 0.3) is 5.91 Å². The van der Waals surface area contributed by atoms with Gasteiger partial charge in [-0.25, -0.2) is 17.9 Å². The Morgan fingerprint density at radius 2 is 1.64 bits per heavy atom. The van der Waals surface area contributed by atoms with Crippen molar-refractivity contribution >= 4 is 21.9 Å². The van der Waals surface area contributed by atoms with Crippen molar-refractivity contribution in [2.45, 2.75) is 25.3 Å². The van der Waals surface area contributed by atoms with Gasteiger partial charge in [0.15, 0.2) is 6.61 Å². The average Bonchev–Trinajstić information content (AvgIpc) is 2.67. The third-order valence-electron chi connectivity index (χ3n) is 4.03. The Balaban J connectivity index is 1.90. The lowest BCUT2D eigenvalue weighted by molar-refractivity contribution is -0.133. The number of benzene rings is 2. The topological polar surface area (TPSA) is 92.8 Å². The Kier molecular flexibility index (Phi) is 7.31. The number of hydrogen-bond acceptors (Lipinski definition) is 5. The molecular formula is C20H24N2O5S. The van der Waals surface area contributed by atoms with Crippen molar-refractivity contribution in [2.75, 3.05) is 20.2 Å². The molecule has 0 saturated heterocycles. The van der Waals surface area contributed by atoms with E-state index < -0.39 is 22.6 Å². The van der Waals surface area contributed by atoms with E-state index in [1.807, 2.05) is 31.2 Å². The number of nitrogens with zero attached hydrogens (tertiary/aromatic N) is 1. The smallest absolute Gasteiger partial charge is 0.338 e. The summed E-state index contributed by atoms with van der Waals surface area (Å²) < 4.78 is 31.2. The second-order valence-electron chi connectivity index (χ2n) is 6.34. The number of nitrogens with one attached hydrogen (secondary N) is 1. The fraction of sp³-hybridized carbons (Fsp3) is 0.300. The highest BCUT2D eigenvalue weighted by atomic mass is 32.2. The first-order chi connectivity index (χ1) is 13.2. The maximum absolute atomic E-state index is 12.2. The number of likely N-dealkylation sites (N-methyl/N-ethyl adjacent to an activating group) is 1. The molecule has 1 amide bonds. The largest absolute Gasteiger partial charge is 0.452 e. The molecule has 8 heteroatoms. The first kappa shape index (κ1) is 21.6. The fourth-order valence-electron chi connectivity index (χ4n) is 2.42. The summed E-state index contributed by atoms with van der Waals surface area (Å²) in [5.41, 5.74) is 2.28. The molecule has 0 heterocycles. The molecule has 0 saturated carbocycles. The maximum atomic E-state index is 12.2. The lowest BCUT2D eigenvalue weighted by atomic mass is 10.1. The molecule has 7 nitrogen and oxygen atoms in total. The highest BCUT2D eigenvalue weighted by Gasteiger charge is 2.16. The lowest BCUT2D eigenvalue weighted by Gasteiger charge is -2.17. The van der Waals surface area contributed by atoms with Gasteiger partial charge in [-0.3, -0.25) is 4.79 Å². The van der Waals surface area contributed by atoms with Gasteiger partial charge in [-0.2, -0.15) is 0 Å². The van der Waals surface area contributed by atoms with Crippen molar-refractivity contribution in [2.24, 2.45) is 0 Å². The Bertz CT molecular complexity index is 922. The molecule has 2 aromatic carbocycles. The molecule has 0 bridgehead atoms. The molecule has 0 aromatic heterocycles. The molecule has 0 radical (unpaired) electrons. The summed E-state index contributed by atoms with van der Waals surface area (Å²) in [5.74, 6) is -1.02. The minimum atomic E-state index is -3.59. The normalized spacial score (nSPS) is 11.1. The van der Waals surface area contributed by atoms with E-state index in [0.717, 1.165) is 11.1 Å². The van der Waals surface area contributed by atoms with Crippen molar-refractivity contribution in [3.63, 3.8) is 0 Å². The highest BCUT2D eigenvalue weighted by molar-refractivity contribution is 7.89. The summed E-state index contributed by atoms with van der Waals surface area (Å²) in [5, 5.41) is 0. The number of hydrogen-bond donors (Lipinski definition) is 1. The van der Waals surface area contributed by atoms with E-state index in [-0.39, 0.29) is 22.9 Å². The van der Waals surface area contributed by atoms with Crippen molar-refractivity contribution in [1.82, 2.24) is 9.62 Å². The Hall–Kier alpha value is -2.71. The molecule has 150 valence electrons. The monoisotopic (exact) mass is 404 g/mol. The van der Waals surface area contributed by atoms with Crippen LogP contribution in [0.5, 0.6) is 0 Å². The predicted molar refractivity (Wildman–Crippen MR) is 105 cm³/mol. The number of esters is 1. The molecule has 0 unspecified atom stereocenters. The summed E-state index contributed by atoms with van der Waals surface area (Å²) >= 11 is 0. The first-order valence-corrected chi connectivity index (χ1v) is 10.3. The zero-order valence-corrected chi connectivity index (χ0v) is 17.0. The Labute approximate surface area is 165 Å². The van der Waals surface area contributed by atoms with Crippen LogP contribution in [0.2, 0.25) is 0 Å². The molecule has 0 aliphatic carbocycles. The number of aryl methyl sites for hydroxylation is 1. The molecule has 0 aliphatic rings. The number of carbonyl (C=O) groups is 2. The van der Waals surface area contributed by atoms with E-state index in [1.165, 1.54) is 29.2 Å². The van der Waals surface area contributed by atoms with Crippen LogP contribution in [0.4, 0.5) is 0 Å². The van der Waals surface area contributed by atoms with E-state index in [1.54, 1.807) is 14.0 Å². The van der Waals surface area contributed by atoms with E-state index in [4.69, 9.17) is 4.74 Å². The number of ether oxygens (including phenoxy) is 1. The minimum absolute atomic E-state index is 0.0554. The molecule has 2 rings (SSSR count). The van der Waals surface area contributed by atoms with E-state index >= 15 is 0 Å². The highest BCUT2D eigenvalue weighted by Crippen LogP contribution is 2.12. The third kappa shape index (κ3) is 5.90. The van der Waals surface area contributed by atoms with Gasteiger partial charge in [0, 0.05) is 20.1 Å². The van der Waals surface area contributed by atoms with Crippen LogP contribution >= 0.6 is 0 Å². The number of carbonyl (C=O) groups excluding carboxylic acids is 2. The summed E-state index contributed by atoms with van der Waals surface area (Å²) in [6.07, 6.45) is 0. The fourth-order valence-corrected chi connectivity index (χ4v) is 3.46. The second kappa shape index (κ2) is 9.48. The summed E-state index contributed by atoms with van der Waals surface area (Å²) in [4.78, 5) is 25.8. The first-order valence-electron chi connectivity index (χ1n) is 8.79. The van der Waals surface area contributed by atoms with Crippen LogP contribution in [0, 0.1) is 6.92 Å². The van der Waals surface area contributed by atoms with Crippen LogP contribution in [0.1, 0.15) is 28.4 Å². The summed E-state index contributed by atoms with van der Waals surface area (Å²) in [7, 11) is -1.95. The van der Waals surface area contributed by atoms with Crippen LogP contribution in [0.3, 0.4) is 0 Å². The number of amides is 1. The van der Waals surface area contributed by atoms with Gasteiger partial charge in [0.2, 0.25) is 10.0 Å². The maximum Gasteiger partial charge on any atom is 0.338 e. The Morgan fingerprint density at radius 3 is 2.21 bits per heavy atom. The van der Waals surface area contributed by atoms with Crippen LogP contribution < -0.4 is 4.72 Å². The van der Waals surface area contributed by atoms with Crippen LogP contribution in [-0.2, 0) is 26.1 Å². The lowest BCUT2D eigenvalue weighted by Crippen LogP contribution is -2.30. The third-order valence-corrected chi connectivity index (χ3v) is 5.59. The molecule has 1 N–H and O–H groups in total. The molecule has 0 fully saturated rings. The standard InChI is InChI=1S/C20H24N2O5S/c1-4-21-28(25,26)18-11-9-17(10-12-18)20(24)27-14-19(23)22(3)13-16-7-5-15(2)6-8-16/h5-12,21H,4,13-14H2,1-3H3. The van der Waals surface area contributed by atoms with Crippen molar-refractivity contribution in [1.29, 1.82) is 0 Å². The molecule has 28 heavy (non-hydrogen) atoms.